The average Bonchev–Trinajstić information content (AvgIpc) is 2.11. The molecule has 0 aliphatic rings. The predicted molar refractivity (Wildman–Crippen MR) is 65.7 cm³/mol. The van der Waals surface area contributed by atoms with Crippen LogP contribution in [0.4, 0.5) is 4.39 Å². The zero-order chi connectivity index (χ0) is 10.7. The second kappa shape index (κ2) is 6.24. The molecule has 1 unspecified atom stereocenters. The number of aliphatic carboxylic acids is 1. The molecule has 0 bridgehead atoms. The van der Waals surface area contributed by atoms with Crippen LogP contribution in [0.15, 0.2) is 18.2 Å². The quantitative estimate of drug-likeness (QED) is 0.821. The third kappa shape index (κ3) is 4.31. The fraction of sp³-hybridized carbons (Fsp3) is 0.222. The van der Waals surface area contributed by atoms with E-state index in [1.807, 2.05) is 22.6 Å². The minimum absolute atomic E-state index is 0. The molecule has 0 heterocycles. The maximum Gasteiger partial charge on any atom is 0.320 e. The second-order valence-corrected chi connectivity index (χ2v) is 4.13. The van der Waals surface area contributed by atoms with Crippen LogP contribution in [-0.2, 0) is 11.2 Å². The van der Waals surface area contributed by atoms with E-state index >= 15 is 0 Å². The summed E-state index contributed by atoms with van der Waals surface area (Å²) in [6, 6.07) is 3.47. The standard InChI is InChI=1S/C9H9FINO2.ClH/c10-7-2-1-6(11)3-5(7)4-8(12)9(13)14;/h1-3,8H,4,12H2,(H,13,14);1H. The van der Waals surface area contributed by atoms with E-state index in [-0.39, 0.29) is 18.8 Å². The number of nitrogens with two attached hydrogens (primary N) is 1. The highest BCUT2D eigenvalue weighted by atomic mass is 127. The van der Waals surface area contributed by atoms with Gasteiger partial charge in [-0.3, -0.25) is 4.79 Å². The molecule has 0 spiro atoms. The van der Waals surface area contributed by atoms with Crippen LogP contribution in [0, 0.1) is 9.39 Å². The van der Waals surface area contributed by atoms with E-state index < -0.39 is 17.8 Å². The van der Waals surface area contributed by atoms with Crippen molar-refractivity contribution in [2.24, 2.45) is 5.73 Å². The van der Waals surface area contributed by atoms with Gasteiger partial charge in [0.15, 0.2) is 0 Å². The number of benzene rings is 1. The lowest BCUT2D eigenvalue weighted by atomic mass is 10.1. The minimum Gasteiger partial charge on any atom is -0.480 e. The van der Waals surface area contributed by atoms with Crippen molar-refractivity contribution >= 4 is 41.0 Å². The van der Waals surface area contributed by atoms with Gasteiger partial charge in [-0.05, 0) is 46.4 Å². The summed E-state index contributed by atoms with van der Waals surface area (Å²) in [4.78, 5) is 10.5. The summed E-state index contributed by atoms with van der Waals surface area (Å²) in [5.74, 6) is -1.54. The monoisotopic (exact) mass is 345 g/mol. The summed E-state index contributed by atoms with van der Waals surface area (Å²) in [6.45, 7) is 0. The molecule has 6 heteroatoms. The third-order valence-corrected chi connectivity index (χ3v) is 2.44. The SMILES string of the molecule is Cl.NC(Cc1cc(I)ccc1F)C(=O)O. The first kappa shape index (κ1) is 14.6. The van der Waals surface area contributed by atoms with E-state index in [9.17, 15) is 9.18 Å². The molecule has 1 aromatic rings. The normalized spacial score (nSPS) is 11.7. The fourth-order valence-electron chi connectivity index (χ4n) is 1.02. The van der Waals surface area contributed by atoms with E-state index in [4.69, 9.17) is 10.8 Å². The number of halogens is 3. The van der Waals surface area contributed by atoms with Gasteiger partial charge in [0.25, 0.3) is 0 Å². The van der Waals surface area contributed by atoms with Crippen molar-refractivity contribution < 1.29 is 14.3 Å². The minimum atomic E-state index is -1.12. The van der Waals surface area contributed by atoms with Crippen molar-refractivity contribution in [1.82, 2.24) is 0 Å². The number of hydrogen-bond acceptors (Lipinski definition) is 2. The van der Waals surface area contributed by atoms with Crippen molar-refractivity contribution in [2.45, 2.75) is 12.5 Å². The summed E-state index contributed by atoms with van der Waals surface area (Å²) >= 11 is 2.03. The van der Waals surface area contributed by atoms with Crippen LogP contribution < -0.4 is 5.73 Å². The summed E-state index contributed by atoms with van der Waals surface area (Å²) in [5.41, 5.74) is 5.64. The summed E-state index contributed by atoms with van der Waals surface area (Å²) in [6.07, 6.45) is 0.0119. The van der Waals surface area contributed by atoms with Crippen molar-refractivity contribution in [3.8, 4) is 0 Å². The molecule has 1 rings (SSSR count). The maximum atomic E-state index is 13.1. The molecule has 84 valence electrons. The van der Waals surface area contributed by atoms with Crippen molar-refractivity contribution in [3.05, 3.63) is 33.1 Å². The molecule has 1 atom stereocenters. The van der Waals surface area contributed by atoms with Gasteiger partial charge in [-0.15, -0.1) is 12.4 Å². The predicted octanol–water partition coefficient (Wildman–Crippen LogP) is 1.81. The molecule has 0 aromatic heterocycles. The van der Waals surface area contributed by atoms with Gasteiger partial charge >= 0.3 is 5.97 Å². The van der Waals surface area contributed by atoms with Crippen LogP contribution in [0.2, 0.25) is 0 Å². The lowest BCUT2D eigenvalue weighted by molar-refractivity contribution is -0.138. The van der Waals surface area contributed by atoms with Gasteiger partial charge in [-0.1, -0.05) is 0 Å². The Labute approximate surface area is 106 Å². The third-order valence-electron chi connectivity index (χ3n) is 1.76. The Hall–Kier alpha value is -0.400. The van der Waals surface area contributed by atoms with Gasteiger partial charge in [-0.2, -0.15) is 0 Å². The van der Waals surface area contributed by atoms with E-state index in [2.05, 4.69) is 0 Å². The summed E-state index contributed by atoms with van der Waals surface area (Å²) < 4.78 is 14.0. The molecule has 3 nitrogen and oxygen atoms in total. The van der Waals surface area contributed by atoms with Crippen molar-refractivity contribution in [1.29, 1.82) is 0 Å². The molecule has 0 radical (unpaired) electrons. The number of carbonyl (C=O) groups is 1. The molecule has 15 heavy (non-hydrogen) atoms. The highest BCUT2D eigenvalue weighted by Crippen LogP contribution is 2.13. The Morgan fingerprint density at radius 2 is 2.20 bits per heavy atom. The molecular weight excluding hydrogens is 335 g/mol. The lowest BCUT2D eigenvalue weighted by Crippen LogP contribution is -2.32. The lowest BCUT2D eigenvalue weighted by Gasteiger charge is -2.07. The Bertz CT molecular complexity index is 362. The Kier molecular flexibility index (Phi) is 6.07. The topological polar surface area (TPSA) is 63.3 Å². The highest BCUT2D eigenvalue weighted by Gasteiger charge is 2.14. The van der Waals surface area contributed by atoms with Gasteiger partial charge in [0.1, 0.15) is 11.9 Å². The Balaban J connectivity index is 0.00000196. The summed E-state index contributed by atoms with van der Waals surface area (Å²) in [5, 5.41) is 8.55. The molecule has 0 aliphatic carbocycles. The molecular formula is C9H10ClFINO2. The highest BCUT2D eigenvalue weighted by molar-refractivity contribution is 14.1. The zero-order valence-electron chi connectivity index (χ0n) is 7.61. The fourth-order valence-corrected chi connectivity index (χ4v) is 1.58. The van der Waals surface area contributed by atoms with E-state index in [1.165, 1.54) is 6.07 Å². The smallest absolute Gasteiger partial charge is 0.320 e. The second-order valence-electron chi connectivity index (χ2n) is 2.88. The first-order valence-corrected chi connectivity index (χ1v) is 5.01. The first-order chi connectivity index (χ1) is 6.50. The molecule has 0 saturated heterocycles. The van der Waals surface area contributed by atoms with Crippen molar-refractivity contribution in [2.75, 3.05) is 0 Å². The average molecular weight is 346 g/mol. The Morgan fingerprint density at radius 1 is 1.60 bits per heavy atom. The molecule has 0 aliphatic heterocycles. The molecule has 0 amide bonds. The largest absolute Gasteiger partial charge is 0.480 e. The van der Waals surface area contributed by atoms with Crippen molar-refractivity contribution in [3.63, 3.8) is 0 Å². The van der Waals surface area contributed by atoms with Crippen LogP contribution in [0.1, 0.15) is 5.56 Å². The van der Waals surface area contributed by atoms with Crippen LogP contribution in [-0.4, -0.2) is 17.1 Å². The number of hydrogen-bond donors (Lipinski definition) is 2. The van der Waals surface area contributed by atoms with E-state index in [0.717, 1.165) is 3.57 Å². The van der Waals surface area contributed by atoms with E-state index in [0.29, 0.717) is 5.56 Å². The number of carboxylic acids is 1. The molecule has 1 aromatic carbocycles. The number of carboxylic acid groups (broad SMARTS) is 1. The van der Waals surface area contributed by atoms with Gasteiger partial charge in [-0.25, -0.2) is 4.39 Å². The van der Waals surface area contributed by atoms with Gasteiger partial charge < -0.3 is 10.8 Å². The van der Waals surface area contributed by atoms with Crippen LogP contribution >= 0.6 is 35.0 Å². The van der Waals surface area contributed by atoms with Gasteiger partial charge in [0.05, 0.1) is 0 Å². The van der Waals surface area contributed by atoms with Crippen LogP contribution in [0.5, 0.6) is 0 Å². The first-order valence-electron chi connectivity index (χ1n) is 3.93. The van der Waals surface area contributed by atoms with Gasteiger partial charge in [0.2, 0.25) is 0 Å². The van der Waals surface area contributed by atoms with Crippen LogP contribution in [0.3, 0.4) is 0 Å². The summed E-state index contributed by atoms with van der Waals surface area (Å²) in [7, 11) is 0. The zero-order valence-corrected chi connectivity index (χ0v) is 10.6. The number of rotatable bonds is 3. The molecule has 3 N–H and O–H groups in total. The van der Waals surface area contributed by atoms with Crippen LogP contribution in [0.25, 0.3) is 0 Å². The molecule has 0 saturated carbocycles. The molecule has 0 fully saturated rings. The maximum absolute atomic E-state index is 13.1. The van der Waals surface area contributed by atoms with E-state index in [1.54, 1.807) is 12.1 Å². The van der Waals surface area contributed by atoms with Gasteiger partial charge in [0, 0.05) is 9.99 Å². The Morgan fingerprint density at radius 3 is 2.73 bits per heavy atom.